The fourth-order valence-electron chi connectivity index (χ4n) is 2.67. The second kappa shape index (κ2) is 5.29. The molecule has 0 aromatic heterocycles. The van der Waals surface area contributed by atoms with Gasteiger partial charge in [-0.25, -0.2) is 0 Å². The highest BCUT2D eigenvalue weighted by Gasteiger charge is 2.22. The minimum atomic E-state index is -0.460. The Morgan fingerprint density at radius 1 is 1.50 bits per heavy atom. The van der Waals surface area contributed by atoms with E-state index >= 15 is 0 Å². The molecule has 0 spiro atoms. The zero-order valence-electron chi connectivity index (χ0n) is 10.9. The fourth-order valence-corrected chi connectivity index (χ4v) is 2.67. The molecule has 1 aromatic carbocycles. The van der Waals surface area contributed by atoms with Crippen molar-refractivity contribution < 1.29 is 4.79 Å². The lowest BCUT2D eigenvalue weighted by molar-refractivity contribution is 0.100. The summed E-state index contributed by atoms with van der Waals surface area (Å²) in [7, 11) is 0. The van der Waals surface area contributed by atoms with E-state index < -0.39 is 5.91 Å². The average Bonchev–Trinajstić information content (AvgIpc) is 2.78. The van der Waals surface area contributed by atoms with Crippen LogP contribution in [0.3, 0.4) is 0 Å². The highest BCUT2D eigenvalue weighted by atomic mass is 16.1. The number of hydrogen-bond acceptors (Lipinski definition) is 3. The van der Waals surface area contributed by atoms with E-state index in [4.69, 9.17) is 11.5 Å². The molecule has 98 valence electrons. The first kappa shape index (κ1) is 12.7. The number of nitrogens with zero attached hydrogens (tertiary/aromatic N) is 1. The lowest BCUT2D eigenvalue weighted by Gasteiger charge is -2.19. The SMILES string of the molecule is CCCC1CCN(c2ccc(N)c(C(N)=O)c2)C1. The Morgan fingerprint density at radius 3 is 2.94 bits per heavy atom. The van der Waals surface area contributed by atoms with Crippen molar-refractivity contribution in [2.75, 3.05) is 23.7 Å². The van der Waals surface area contributed by atoms with E-state index in [0.29, 0.717) is 11.3 Å². The van der Waals surface area contributed by atoms with Gasteiger partial charge < -0.3 is 16.4 Å². The van der Waals surface area contributed by atoms with Crippen LogP contribution in [0.25, 0.3) is 0 Å². The molecular weight excluding hydrogens is 226 g/mol. The van der Waals surface area contributed by atoms with Crippen LogP contribution in [0.5, 0.6) is 0 Å². The monoisotopic (exact) mass is 247 g/mol. The molecule has 0 saturated carbocycles. The molecule has 1 atom stereocenters. The molecule has 2 rings (SSSR count). The molecule has 4 nitrogen and oxygen atoms in total. The molecule has 1 unspecified atom stereocenters. The molecule has 1 amide bonds. The van der Waals surface area contributed by atoms with Crippen LogP contribution in [0.1, 0.15) is 36.5 Å². The van der Waals surface area contributed by atoms with Gasteiger partial charge in [-0.3, -0.25) is 4.79 Å². The minimum Gasteiger partial charge on any atom is -0.398 e. The van der Waals surface area contributed by atoms with Gasteiger partial charge in [0.1, 0.15) is 0 Å². The lowest BCUT2D eigenvalue weighted by Crippen LogP contribution is -2.21. The Hall–Kier alpha value is -1.71. The van der Waals surface area contributed by atoms with Gasteiger partial charge in [0.25, 0.3) is 5.91 Å². The van der Waals surface area contributed by atoms with Crippen molar-refractivity contribution in [1.82, 2.24) is 0 Å². The number of carbonyl (C=O) groups is 1. The van der Waals surface area contributed by atoms with Gasteiger partial charge >= 0.3 is 0 Å². The van der Waals surface area contributed by atoms with Crippen LogP contribution in [0.4, 0.5) is 11.4 Å². The molecule has 0 bridgehead atoms. The number of hydrogen-bond donors (Lipinski definition) is 2. The van der Waals surface area contributed by atoms with E-state index in [0.717, 1.165) is 24.7 Å². The van der Waals surface area contributed by atoms with Gasteiger partial charge in [0.15, 0.2) is 0 Å². The molecule has 0 aliphatic carbocycles. The zero-order chi connectivity index (χ0) is 13.1. The summed E-state index contributed by atoms with van der Waals surface area (Å²) >= 11 is 0. The summed E-state index contributed by atoms with van der Waals surface area (Å²) in [6, 6.07) is 5.55. The van der Waals surface area contributed by atoms with Crippen molar-refractivity contribution in [2.24, 2.45) is 11.7 Å². The van der Waals surface area contributed by atoms with Crippen molar-refractivity contribution in [3.05, 3.63) is 23.8 Å². The quantitative estimate of drug-likeness (QED) is 0.799. The summed E-state index contributed by atoms with van der Waals surface area (Å²) in [6.45, 7) is 4.33. The van der Waals surface area contributed by atoms with E-state index in [1.807, 2.05) is 12.1 Å². The molecule has 18 heavy (non-hydrogen) atoms. The van der Waals surface area contributed by atoms with E-state index in [9.17, 15) is 4.79 Å². The van der Waals surface area contributed by atoms with Crippen LogP contribution in [0.2, 0.25) is 0 Å². The molecule has 4 N–H and O–H groups in total. The standard InChI is InChI=1S/C14H21N3O/c1-2-3-10-6-7-17(9-10)11-4-5-13(15)12(8-11)14(16)18/h4-5,8,10H,2-3,6-7,9,15H2,1H3,(H2,16,18). The molecular formula is C14H21N3O. The van der Waals surface area contributed by atoms with E-state index in [1.165, 1.54) is 19.3 Å². The number of primary amides is 1. The first-order valence-electron chi connectivity index (χ1n) is 6.56. The lowest BCUT2D eigenvalue weighted by atomic mass is 10.0. The Bertz CT molecular complexity index is 445. The van der Waals surface area contributed by atoms with Crippen LogP contribution in [-0.2, 0) is 0 Å². The number of nitrogen functional groups attached to an aromatic ring is 1. The van der Waals surface area contributed by atoms with Crippen LogP contribution in [0.15, 0.2) is 18.2 Å². The average molecular weight is 247 g/mol. The predicted octanol–water partition coefficient (Wildman–Crippen LogP) is 1.99. The van der Waals surface area contributed by atoms with Gasteiger partial charge in [0.05, 0.1) is 5.56 Å². The van der Waals surface area contributed by atoms with E-state index in [2.05, 4.69) is 11.8 Å². The highest BCUT2D eigenvalue weighted by molar-refractivity contribution is 5.99. The van der Waals surface area contributed by atoms with Crippen LogP contribution >= 0.6 is 0 Å². The summed E-state index contributed by atoms with van der Waals surface area (Å²) in [5, 5.41) is 0. The predicted molar refractivity (Wildman–Crippen MR) is 74.6 cm³/mol. The summed E-state index contributed by atoms with van der Waals surface area (Å²) in [5.74, 6) is 0.309. The fraction of sp³-hybridized carbons (Fsp3) is 0.500. The summed E-state index contributed by atoms with van der Waals surface area (Å²) in [6.07, 6.45) is 3.73. The normalized spacial score (nSPS) is 19.2. The number of anilines is 2. The third-order valence-electron chi connectivity index (χ3n) is 3.65. The third kappa shape index (κ3) is 2.58. The first-order chi connectivity index (χ1) is 8.61. The van der Waals surface area contributed by atoms with Gasteiger partial charge in [-0.15, -0.1) is 0 Å². The van der Waals surface area contributed by atoms with Crippen molar-refractivity contribution in [1.29, 1.82) is 0 Å². The molecule has 1 heterocycles. The van der Waals surface area contributed by atoms with Gasteiger partial charge in [-0.2, -0.15) is 0 Å². The van der Waals surface area contributed by atoms with Crippen LogP contribution in [-0.4, -0.2) is 19.0 Å². The molecule has 1 aromatic rings. The van der Waals surface area contributed by atoms with Gasteiger partial charge in [0, 0.05) is 24.5 Å². The van der Waals surface area contributed by atoms with Crippen LogP contribution < -0.4 is 16.4 Å². The van der Waals surface area contributed by atoms with Crippen molar-refractivity contribution in [3.8, 4) is 0 Å². The van der Waals surface area contributed by atoms with Crippen molar-refractivity contribution >= 4 is 17.3 Å². The maximum absolute atomic E-state index is 11.3. The number of benzene rings is 1. The topological polar surface area (TPSA) is 72.3 Å². The second-order valence-corrected chi connectivity index (χ2v) is 5.03. The molecule has 1 aliphatic heterocycles. The van der Waals surface area contributed by atoms with Crippen molar-refractivity contribution in [2.45, 2.75) is 26.2 Å². The van der Waals surface area contributed by atoms with Crippen LogP contribution in [0, 0.1) is 5.92 Å². The Balaban J connectivity index is 2.15. The second-order valence-electron chi connectivity index (χ2n) is 5.03. The Kier molecular flexibility index (Phi) is 3.75. The molecule has 0 radical (unpaired) electrons. The number of amides is 1. The number of rotatable bonds is 4. The largest absolute Gasteiger partial charge is 0.398 e. The number of carbonyl (C=O) groups excluding carboxylic acids is 1. The molecule has 1 saturated heterocycles. The Morgan fingerprint density at radius 2 is 2.28 bits per heavy atom. The van der Waals surface area contributed by atoms with E-state index in [-0.39, 0.29) is 0 Å². The van der Waals surface area contributed by atoms with E-state index in [1.54, 1.807) is 6.07 Å². The maximum atomic E-state index is 11.3. The maximum Gasteiger partial charge on any atom is 0.250 e. The third-order valence-corrected chi connectivity index (χ3v) is 3.65. The van der Waals surface area contributed by atoms with Crippen molar-refractivity contribution in [3.63, 3.8) is 0 Å². The zero-order valence-corrected chi connectivity index (χ0v) is 10.9. The molecule has 1 aliphatic rings. The molecule has 4 heteroatoms. The summed E-state index contributed by atoms with van der Waals surface area (Å²) in [5.41, 5.74) is 13.0. The summed E-state index contributed by atoms with van der Waals surface area (Å²) < 4.78 is 0. The summed E-state index contributed by atoms with van der Waals surface area (Å²) in [4.78, 5) is 13.6. The Labute approximate surface area is 108 Å². The first-order valence-corrected chi connectivity index (χ1v) is 6.56. The van der Waals surface area contributed by atoms with Gasteiger partial charge in [-0.05, 0) is 37.0 Å². The van der Waals surface area contributed by atoms with Gasteiger partial charge in [0.2, 0.25) is 0 Å². The number of nitrogens with two attached hydrogens (primary N) is 2. The smallest absolute Gasteiger partial charge is 0.250 e. The minimum absolute atomic E-state index is 0.423. The van der Waals surface area contributed by atoms with Gasteiger partial charge in [-0.1, -0.05) is 13.3 Å². The highest BCUT2D eigenvalue weighted by Crippen LogP contribution is 2.28. The molecule has 1 fully saturated rings.